The predicted octanol–water partition coefficient (Wildman–Crippen LogP) is 3.27. The molecule has 3 aromatic rings. The number of benzene rings is 2. The Kier molecular flexibility index (Phi) is 4.97. The predicted molar refractivity (Wildman–Crippen MR) is 93.3 cm³/mol. The molecule has 0 amide bonds. The lowest BCUT2D eigenvalue weighted by Gasteiger charge is -2.09. The van der Waals surface area contributed by atoms with E-state index in [2.05, 4.69) is 15.5 Å². The number of nitro groups is 1. The zero-order valence-corrected chi connectivity index (χ0v) is 14.1. The number of non-ortho nitro benzene ring substituents is 1. The zero-order chi connectivity index (χ0) is 18.5. The number of nitrogens with zero attached hydrogens (tertiary/aromatic N) is 3. The topological polar surface area (TPSA) is 113 Å². The Balaban J connectivity index is 1.73. The van der Waals surface area contributed by atoms with E-state index in [1.54, 1.807) is 19.2 Å². The molecule has 3 rings (SSSR count). The second-order valence-corrected chi connectivity index (χ2v) is 5.24. The smallest absolute Gasteiger partial charge is 0.271 e. The van der Waals surface area contributed by atoms with Crippen LogP contribution in [0.2, 0.25) is 0 Å². The molecule has 26 heavy (non-hydrogen) atoms. The third kappa shape index (κ3) is 3.72. The Labute approximate surface area is 148 Å². The highest BCUT2D eigenvalue weighted by molar-refractivity contribution is 5.61. The molecule has 0 fully saturated rings. The van der Waals surface area contributed by atoms with Gasteiger partial charge in [-0.05, 0) is 30.3 Å². The van der Waals surface area contributed by atoms with Crippen LogP contribution in [-0.2, 0) is 6.54 Å². The van der Waals surface area contributed by atoms with Gasteiger partial charge in [0.15, 0.2) is 0 Å². The Hall–Kier alpha value is -3.62. The normalized spacial score (nSPS) is 10.4. The van der Waals surface area contributed by atoms with E-state index < -0.39 is 4.92 Å². The lowest BCUT2D eigenvalue weighted by atomic mass is 10.2. The molecule has 1 N–H and O–H groups in total. The van der Waals surface area contributed by atoms with E-state index in [-0.39, 0.29) is 12.2 Å². The van der Waals surface area contributed by atoms with E-state index in [0.717, 1.165) is 11.3 Å². The molecule has 0 saturated heterocycles. The molecule has 9 heteroatoms. The molecule has 0 aliphatic heterocycles. The number of hydrogen-bond donors (Lipinski definition) is 1. The number of anilines is 1. The van der Waals surface area contributed by atoms with Crippen LogP contribution < -0.4 is 14.8 Å². The summed E-state index contributed by atoms with van der Waals surface area (Å²) < 4.78 is 15.5. The van der Waals surface area contributed by atoms with Gasteiger partial charge in [0.05, 0.1) is 31.4 Å². The molecule has 0 aliphatic rings. The maximum Gasteiger partial charge on any atom is 0.271 e. The minimum atomic E-state index is -0.473. The van der Waals surface area contributed by atoms with Crippen LogP contribution in [0.3, 0.4) is 0 Å². The molecule has 0 radical (unpaired) electrons. The highest BCUT2D eigenvalue weighted by atomic mass is 16.6. The molecule has 134 valence electrons. The SMILES string of the molecule is COc1ccc(-c2noc(CNc3cc([N+](=O)[O-])ccc3OC)n2)cc1. The monoisotopic (exact) mass is 356 g/mol. The van der Waals surface area contributed by atoms with Gasteiger partial charge < -0.3 is 19.3 Å². The average molecular weight is 356 g/mol. The number of ether oxygens (including phenoxy) is 2. The van der Waals surface area contributed by atoms with Gasteiger partial charge in [0, 0.05) is 17.7 Å². The van der Waals surface area contributed by atoms with Crippen molar-refractivity contribution in [1.29, 1.82) is 0 Å². The molecule has 0 spiro atoms. The van der Waals surface area contributed by atoms with Crippen LogP contribution in [-0.4, -0.2) is 29.3 Å². The lowest BCUT2D eigenvalue weighted by molar-refractivity contribution is -0.384. The highest BCUT2D eigenvalue weighted by Crippen LogP contribution is 2.29. The molecule has 0 aliphatic carbocycles. The third-order valence-electron chi connectivity index (χ3n) is 3.64. The van der Waals surface area contributed by atoms with Crippen LogP contribution in [0.4, 0.5) is 11.4 Å². The Morgan fingerprint density at radius 1 is 1.15 bits per heavy atom. The second-order valence-electron chi connectivity index (χ2n) is 5.24. The maximum atomic E-state index is 10.9. The largest absolute Gasteiger partial charge is 0.497 e. The van der Waals surface area contributed by atoms with Crippen molar-refractivity contribution in [2.75, 3.05) is 19.5 Å². The van der Waals surface area contributed by atoms with Gasteiger partial charge in [-0.15, -0.1) is 0 Å². The van der Waals surface area contributed by atoms with Gasteiger partial charge in [0.25, 0.3) is 5.69 Å². The summed E-state index contributed by atoms with van der Waals surface area (Å²) in [6, 6.07) is 11.5. The third-order valence-corrected chi connectivity index (χ3v) is 3.64. The minimum Gasteiger partial charge on any atom is -0.497 e. The summed E-state index contributed by atoms with van der Waals surface area (Å²) in [4.78, 5) is 14.8. The van der Waals surface area contributed by atoms with Gasteiger partial charge >= 0.3 is 0 Å². The first kappa shape index (κ1) is 17.2. The lowest BCUT2D eigenvalue weighted by Crippen LogP contribution is -2.02. The fraction of sp³-hybridized carbons (Fsp3) is 0.176. The summed E-state index contributed by atoms with van der Waals surface area (Å²) in [7, 11) is 3.08. The van der Waals surface area contributed by atoms with Crippen LogP contribution in [0, 0.1) is 10.1 Å². The summed E-state index contributed by atoms with van der Waals surface area (Å²) in [5, 5.41) is 17.9. The van der Waals surface area contributed by atoms with Crippen LogP contribution in [0.15, 0.2) is 47.0 Å². The van der Waals surface area contributed by atoms with Gasteiger partial charge in [0.2, 0.25) is 11.7 Å². The zero-order valence-electron chi connectivity index (χ0n) is 14.1. The van der Waals surface area contributed by atoms with Crippen LogP contribution >= 0.6 is 0 Å². The first-order valence-corrected chi connectivity index (χ1v) is 7.64. The van der Waals surface area contributed by atoms with Gasteiger partial charge in [-0.25, -0.2) is 0 Å². The van der Waals surface area contributed by atoms with Gasteiger partial charge in [-0.2, -0.15) is 4.98 Å². The van der Waals surface area contributed by atoms with Crippen LogP contribution in [0.1, 0.15) is 5.89 Å². The summed E-state index contributed by atoms with van der Waals surface area (Å²) in [6.07, 6.45) is 0. The summed E-state index contributed by atoms with van der Waals surface area (Å²) in [5.41, 5.74) is 1.21. The molecular formula is C17H16N4O5. The first-order valence-electron chi connectivity index (χ1n) is 7.64. The molecule has 0 unspecified atom stereocenters. The molecule has 1 aromatic heterocycles. The van der Waals surface area contributed by atoms with Crippen molar-refractivity contribution in [2.24, 2.45) is 0 Å². The fourth-order valence-electron chi connectivity index (χ4n) is 2.30. The van der Waals surface area contributed by atoms with Crippen molar-refractivity contribution in [1.82, 2.24) is 10.1 Å². The van der Waals surface area contributed by atoms with Crippen molar-refractivity contribution < 1.29 is 18.9 Å². The van der Waals surface area contributed by atoms with Crippen LogP contribution in [0.5, 0.6) is 11.5 Å². The fourth-order valence-corrected chi connectivity index (χ4v) is 2.30. The van der Waals surface area contributed by atoms with Gasteiger partial charge in [-0.3, -0.25) is 10.1 Å². The molecule has 2 aromatic carbocycles. The molecule has 9 nitrogen and oxygen atoms in total. The van der Waals surface area contributed by atoms with E-state index in [1.807, 2.05) is 12.1 Å². The molecule has 0 bridgehead atoms. The highest BCUT2D eigenvalue weighted by Gasteiger charge is 2.13. The van der Waals surface area contributed by atoms with Crippen molar-refractivity contribution in [3.05, 3.63) is 58.5 Å². The second kappa shape index (κ2) is 7.51. The van der Waals surface area contributed by atoms with Crippen molar-refractivity contribution in [2.45, 2.75) is 6.54 Å². The van der Waals surface area contributed by atoms with Crippen LogP contribution in [0.25, 0.3) is 11.4 Å². The molecular weight excluding hydrogens is 340 g/mol. The Bertz CT molecular complexity index is 908. The standard InChI is InChI=1S/C17H16N4O5/c1-24-13-6-3-11(4-7-13)17-19-16(26-20-17)10-18-14-9-12(21(22)23)5-8-15(14)25-2/h3-9,18H,10H2,1-2H3. The summed E-state index contributed by atoms with van der Waals surface area (Å²) in [5.74, 6) is 1.99. The van der Waals surface area contributed by atoms with E-state index in [1.165, 1.54) is 25.3 Å². The minimum absolute atomic E-state index is 0.0437. The van der Waals surface area contributed by atoms with Gasteiger partial charge in [-0.1, -0.05) is 5.16 Å². The summed E-state index contributed by atoms with van der Waals surface area (Å²) in [6.45, 7) is 0.195. The number of aromatic nitrogens is 2. The average Bonchev–Trinajstić information content (AvgIpc) is 3.15. The van der Waals surface area contributed by atoms with E-state index in [4.69, 9.17) is 14.0 Å². The number of methoxy groups -OCH3 is 2. The molecule has 1 heterocycles. The number of hydrogen-bond acceptors (Lipinski definition) is 8. The molecule has 0 atom stereocenters. The van der Waals surface area contributed by atoms with E-state index >= 15 is 0 Å². The quantitative estimate of drug-likeness (QED) is 0.507. The van der Waals surface area contributed by atoms with Crippen molar-refractivity contribution >= 4 is 11.4 Å². The first-order chi connectivity index (χ1) is 12.6. The Morgan fingerprint density at radius 3 is 2.58 bits per heavy atom. The number of nitro benzene ring substituents is 1. The molecule has 0 saturated carbocycles. The Morgan fingerprint density at radius 2 is 1.92 bits per heavy atom. The summed E-state index contributed by atoms with van der Waals surface area (Å²) >= 11 is 0. The number of nitrogens with one attached hydrogen (secondary N) is 1. The number of rotatable bonds is 7. The maximum absolute atomic E-state index is 10.9. The van der Waals surface area contributed by atoms with E-state index in [0.29, 0.717) is 23.2 Å². The van der Waals surface area contributed by atoms with Crippen molar-refractivity contribution in [3.8, 4) is 22.9 Å². The van der Waals surface area contributed by atoms with Crippen molar-refractivity contribution in [3.63, 3.8) is 0 Å². The van der Waals surface area contributed by atoms with Gasteiger partial charge in [0.1, 0.15) is 11.5 Å². The van der Waals surface area contributed by atoms with E-state index in [9.17, 15) is 10.1 Å².